The van der Waals surface area contributed by atoms with E-state index in [4.69, 9.17) is 25.8 Å². The quantitative estimate of drug-likeness (QED) is 0.0447. The van der Waals surface area contributed by atoms with E-state index < -0.39 is 32.0 Å². The van der Waals surface area contributed by atoms with E-state index in [0.29, 0.717) is 31.1 Å². The van der Waals surface area contributed by atoms with Gasteiger partial charge in [-0.3, -0.25) is 14.4 Å². The third kappa shape index (κ3) is 12.3. The number of alkyl halides is 1. The maximum Gasteiger partial charge on any atom is 0.320 e. The van der Waals surface area contributed by atoms with Crippen molar-refractivity contribution in [2.75, 3.05) is 17.2 Å². The Labute approximate surface area is 384 Å². The molecule has 0 aliphatic heterocycles. The minimum absolute atomic E-state index is 0.0147. The van der Waals surface area contributed by atoms with Gasteiger partial charge in [-0.2, -0.15) is 0 Å². The average Bonchev–Trinajstić information content (AvgIpc) is 3.27. The summed E-state index contributed by atoms with van der Waals surface area (Å²) < 4.78 is 45.0. The van der Waals surface area contributed by atoms with E-state index in [-0.39, 0.29) is 44.4 Å². The van der Waals surface area contributed by atoms with Crippen molar-refractivity contribution in [2.24, 2.45) is 5.41 Å². The number of ketones is 1. The van der Waals surface area contributed by atoms with Crippen LogP contribution in [0.25, 0.3) is 0 Å². The number of anilines is 2. The van der Waals surface area contributed by atoms with Crippen molar-refractivity contribution >= 4 is 50.4 Å². The summed E-state index contributed by atoms with van der Waals surface area (Å²) in [7, 11) is -3.95. The maximum absolute atomic E-state index is 13.9. The SMILES string of the molecule is CCC(C)(C)c1ccc(OCCCC(=O)Nc2cccc(NC(=O)C(Cl)(Oc3ccc(S(=O)(=O)c4ccc(OCc5ccccc5)cc4)cc3)C(=O)C(C)(C)C)c2)c(C(C)(C)CC)c1. The van der Waals surface area contributed by atoms with Gasteiger partial charge in [0.1, 0.15) is 23.9 Å². The predicted octanol–water partition coefficient (Wildman–Crippen LogP) is 11.8. The second-order valence-corrected chi connectivity index (χ2v) is 20.7. The highest BCUT2D eigenvalue weighted by molar-refractivity contribution is 7.91. The van der Waals surface area contributed by atoms with E-state index >= 15 is 0 Å². The van der Waals surface area contributed by atoms with Gasteiger partial charge in [0.15, 0.2) is 0 Å². The van der Waals surface area contributed by atoms with Crippen LogP contribution in [0.5, 0.6) is 17.2 Å². The second kappa shape index (κ2) is 20.5. The van der Waals surface area contributed by atoms with Crippen molar-refractivity contribution in [3.05, 3.63) is 138 Å². The largest absolute Gasteiger partial charge is 0.493 e. The molecule has 0 fully saturated rings. The number of hydrogen-bond donors (Lipinski definition) is 2. The van der Waals surface area contributed by atoms with Gasteiger partial charge in [0, 0.05) is 28.8 Å². The van der Waals surface area contributed by atoms with Crippen LogP contribution in [0.15, 0.2) is 131 Å². The number of hydrogen-bond acceptors (Lipinski definition) is 8. The van der Waals surface area contributed by atoms with E-state index in [1.165, 1.54) is 42.0 Å². The molecule has 0 radical (unpaired) electrons. The molecule has 0 aromatic heterocycles. The number of carbonyl (C=O) groups is 3. The van der Waals surface area contributed by atoms with Crippen molar-refractivity contribution in [1.29, 1.82) is 0 Å². The van der Waals surface area contributed by atoms with Gasteiger partial charge in [0.05, 0.1) is 16.4 Å². The van der Waals surface area contributed by atoms with Gasteiger partial charge in [0.2, 0.25) is 21.5 Å². The first-order chi connectivity index (χ1) is 30.1. The van der Waals surface area contributed by atoms with Crippen LogP contribution < -0.4 is 24.8 Å². The molecule has 2 amide bonds. The van der Waals surface area contributed by atoms with Crippen LogP contribution in [0.2, 0.25) is 0 Å². The zero-order valence-electron chi connectivity index (χ0n) is 38.3. The molecule has 5 rings (SSSR count). The topological polar surface area (TPSA) is 137 Å². The summed E-state index contributed by atoms with van der Waals surface area (Å²) >= 11 is 6.84. The number of nitrogens with one attached hydrogen (secondary N) is 2. The Hall–Kier alpha value is -5.65. The molecule has 12 heteroatoms. The lowest BCUT2D eigenvalue weighted by Gasteiger charge is -2.31. The smallest absolute Gasteiger partial charge is 0.320 e. The summed E-state index contributed by atoms with van der Waals surface area (Å²) in [6, 6.07) is 33.9. The molecule has 10 nitrogen and oxygen atoms in total. The fourth-order valence-electron chi connectivity index (χ4n) is 6.64. The van der Waals surface area contributed by atoms with Crippen LogP contribution in [-0.4, -0.2) is 37.7 Å². The highest BCUT2D eigenvalue weighted by Gasteiger charge is 2.51. The van der Waals surface area contributed by atoms with Crippen LogP contribution in [0, 0.1) is 5.41 Å². The Kier molecular flexibility index (Phi) is 15.8. The van der Waals surface area contributed by atoms with Gasteiger partial charge < -0.3 is 24.8 Å². The van der Waals surface area contributed by atoms with Crippen LogP contribution in [0.4, 0.5) is 11.4 Å². The number of ether oxygens (including phenoxy) is 3. The van der Waals surface area contributed by atoms with Crippen LogP contribution >= 0.6 is 11.6 Å². The van der Waals surface area contributed by atoms with E-state index in [0.717, 1.165) is 29.7 Å². The summed E-state index contributed by atoms with van der Waals surface area (Å²) in [6.45, 7) is 18.8. The highest BCUT2D eigenvalue weighted by atomic mass is 35.5. The Morgan fingerprint density at radius 3 is 1.80 bits per heavy atom. The fourth-order valence-corrected chi connectivity index (χ4v) is 8.32. The Morgan fingerprint density at radius 2 is 1.22 bits per heavy atom. The molecule has 0 heterocycles. The normalized spacial score (nSPS) is 13.0. The van der Waals surface area contributed by atoms with Gasteiger partial charge >= 0.3 is 5.06 Å². The standard InChI is InChI=1S/C52H61ClN2O8S/c1-10-50(6,7)37-22-31-45(44(33-37)51(8,9)11-2)61-32-16-21-46(56)54-38-19-15-20-39(34-38)55-48(58)52(53,47(57)49(3,4)5)63-41-25-29-43(30-26-41)64(59,60)42-27-23-40(24-28-42)62-35-36-17-13-12-14-18-36/h12-15,17-20,22-31,33-34H,10-11,16,21,32,35H2,1-9H3,(H,54,56)(H,55,58). The van der Waals surface area contributed by atoms with Gasteiger partial charge in [-0.15, -0.1) is 0 Å². The number of rotatable bonds is 20. The first-order valence-electron chi connectivity index (χ1n) is 21.6. The van der Waals surface area contributed by atoms with Gasteiger partial charge in [-0.1, -0.05) is 122 Å². The van der Waals surface area contributed by atoms with Crippen molar-refractivity contribution in [3.63, 3.8) is 0 Å². The summed E-state index contributed by atoms with van der Waals surface area (Å²) in [4.78, 5) is 40.7. The summed E-state index contributed by atoms with van der Waals surface area (Å²) in [5.74, 6) is -0.627. The Balaban J connectivity index is 1.21. The third-order valence-electron chi connectivity index (χ3n) is 11.5. The summed E-state index contributed by atoms with van der Waals surface area (Å²) in [5, 5.41) is 2.98. The first kappa shape index (κ1) is 49.4. The van der Waals surface area contributed by atoms with E-state index in [9.17, 15) is 22.8 Å². The monoisotopic (exact) mass is 908 g/mol. The predicted molar refractivity (Wildman–Crippen MR) is 254 cm³/mol. The second-order valence-electron chi connectivity index (χ2n) is 18.2. The Bertz CT molecular complexity index is 2520. The Morgan fingerprint density at radius 1 is 0.641 bits per heavy atom. The fraction of sp³-hybridized carbons (Fsp3) is 0.365. The molecule has 1 atom stereocenters. The molecule has 0 aliphatic rings. The van der Waals surface area contributed by atoms with Crippen molar-refractivity contribution in [3.8, 4) is 17.2 Å². The molecule has 0 bridgehead atoms. The summed E-state index contributed by atoms with van der Waals surface area (Å²) in [5.41, 5.74) is 2.90. The number of sulfone groups is 1. The zero-order valence-corrected chi connectivity index (χ0v) is 39.9. The number of benzene rings is 5. The molecule has 0 saturated carbocycles. The number of Topliss-reactive ketones (excluding diaryl/α,β-unsaturated/α-hetero) is 1. The van der Waals surface area contributed by atoms with Crippen molar-refractivity contribution < 1.29 is 37.0 Å². The van der Waals surface area contributed by atoms with Gasteiger partial charge in [-0.25, -0.2) is 8.42 Å². The molecular formula is C52H61ClN2O8S. The maximum atomic E-state index is 13.9. The minimum Gasteiger partial charge on any atom is -0.493 e. The number of carbonyl (C=O) groups excluding carboxylic acids is 3. The molecule has 5 aromatic rings. The molecule has 340 valence electrons. The average molecular weight is 910 g/mol. The van der Waals surface area contributed by atoms with E-state index in [1.54, 1.807) is 57.2 Å². The molecule has 1 unspecified atom stereocenters. The number of halogens is 1. The molecule has 0 spiro atoms. The van der Waals surface area contributed by atoms with Gasteiger partial charge in [0.25, 0.3) is 5.91 Å². The molecule has 5 aromatic carbocycles. The van der Waals surface area contributed by atoms with Gasteiger partial charge in [-0.05, 0) is 114 Å². The van der Waals surface area contributed by atoms with Crippen LogP contribution in [-0.2, 0) is 41.7 Å². The lowest BCUT2D eigenvalue weighted by Crippen LogP contribution is -2.54. The minimum atomic E-state index is -3.95. The van der Waals surface area contributed by atoms with Crippen molar-refractivity contribution in [1.82, 2.24) is 0 Å². The first-order valence-corrected chi connectivity index (χ1v) is 23.5. The number of amides is 2. The highest BCUT2D eigenvalue weighted by Crippen LogP contribution is 2.39. The molecular weight excluding hydrogens is 848 g/mol. The lowest BCUT2D eigenvalue weighted by molar-refractivity contribution is -0.144. The van der Waals surface area contributed by atoms with E-state index in [2.05, 4.69) is 64.3 Å². The molecule has 0 saturated heterocycles. The molecule has 64 heavy (non-hydrogen) atoms. The summed E-state index contributed by atoms with van der Waals surface area (Å²) in [6.07, 6.45) is 2.63. The zero-order chi connectivity index (χ0) is 46.9. The van der Waals surface area contributed by atoms with E-state index in [1.807, 2.05) is 36.4 Å². The van der Waals surface area contributed by atoms with Crippen LogP contribution in [0.3, 0.4) is 0 Å². The molecule has 0 aliphatic carbocycles. The third-order valence-corrected chi connectivity index (χ3v) is 13.7. The van der Waals surface area contributed by atoms with Crippen molar-refractivity contribution in [2.45, 2.75) is 120 Å². The lowest BCUT2D eigenvalue weighted by atomic mass is 9.76. The molecule has 2 N–H and O–H groups in total. The van der Waals surface area contributed by atoms with Crippen LogP contribution in [0.1, 0.15) is 105 Å².